The number of rotatable bonds is 5. The number of carbonyl (C=O) groups is 1. The van der Waals surface area contributed by atoms with Crippen LogP contribution in [0.1, 0.15) is 18.2 Å². The molecule has 1 N–H and O–H groups in total. The van der Waals surface area contributed by atoms with Gasteiger partial charge in [-0.15, -0.1) is 0 Å². The SMILES string of the molecule is CCN(NC(=O)/C=C/c1ccco1)c1ccc(C)cc1. The minimum atomic E-state index is -0.191. The summed E-state index contributed by atoms with van der Waals surface area (Å²) in [5, 5.41) is 1.80. The van der Waals surface area contributed by atoms with Crippen molar-refractivity contribution < 1.29 is 9.21 Å². The number of carbonyl (C=O) groups excluding carboxylic acids is 1. The Bertz CT molecular complexity index is 571. The zero-order chi connectivity index (χ0) is 14.4. The van der Waals surface area contributed by atoms with Gasteiger partial charge in [0.2, 0.25) is 0 Å². The van der Waals surface area contributed by atoms with Crippen LogP contribution < -0.4 is 10.4 Å². The van der Waals surface area contributed by atoms with Gasteiger partial charge in [-0.3, -0.25) is 15.2 Å². The van der Waals surface area contributed by atoms with E-state index < -0.39 is 0 Å². The van der Waals surface area contributed by atoms with Crippen LogP contribution in [0.2, 0.25) is 0 Å². The number of nitrogens with zero attached hydrogens (tertiary/aromatic N) is 1. The molecule has 1 heterocycles. The number of nitrogens with one attached hydrogen (secondary N) is 1. The van der Waals surface area contributed by atoms with Gasteiger partial charge in [0.15, 0.2) is 0 Å². The molecule has 0 aliphatic heterocycles. The Balaban J connectivity index is 1.99. The van der Waals surface area contributed by atoms with Crippen LogP contribution in [0.3, 0.4) is 0 Å². The monoisotopic (exact) mass is 270 g/mol. The van der Waals surface area contributed by atoms with E-state index in [0.717, 1.165) is 5.69 Å². The lowest BCUT2D eigenvalue weighted by molar-refractivity contribution is -0.116. The lowest BCUT2D eigenvalue weighted by Gasteiger charge is -2.23. The summed E-state index contributed by atoms with van der Waals surface area (Å²) >= 11 is 0. The van der Waals surface area contributed by atoms with Crippen molar-refractivity contribution in [2.75, 3.05) is 11.6 Å². The summed E-state index contributed by atoms with van der Waals surface area (Å²) in [4.78, 5) is 11.9. The quantitative estimate of drug-likeness (QED) is 0.670. The molecule has 20 heavy (non-hydrogen) atoms. The highest BCUT2D eigenvalue weighted by atomic mass is 16.3. The first-order valence-electron chi connectivity index (χ1n) is 6.55. The number of benzene rings is 1. The molecule has 0 radical (unpaired) electrons. The van der Waals surface area contributed by atoms with Crippen LogP contribution in [0, 0.1) is 6.92 Å². The van der Waals surface area contributed by atoms with Crippen molar-refractivity contribution in [1.82, 2.24) is 5.43 Å². The van der Waals surface area contributed by atoms with Crippen molar-refractivity contribution >= 4 is 17.7 Å². The number of hydrogen-bond acceptors (Lipinski definition) is 3. The first-order valence-corrected chi connectivity index (χ1v) is 6.55. The Morgan fingerprint density at radius 1 is 1.30 bits per heavy atom. The third kappa shape index (κ3) is 3.75. The molecule has 2 rings (SSSR count). The topological polar surface area (TPSA) is 45.5 Å². The van der Waals surface area contributed by atoms with Gasteiger partial charge in [-0.05, 0) is 44.2 Å². The Morgan fingerprint density at radius 2 is 2.05 bits per heavy atom. The minimum Gasteiger partial charge on any atom is -0.465 e. The van der Waals surface area contributed by atoms with Gasteiger partial charge >= 0.3 is 0 Å². The van der Waals surface area contributed by atoms with E-state index in [1.807, 2.05) is 38.1 Å². The van der Waals surface area contributed by atoms with Gasteiger partial charge in [-0.2, -0.15) is 0 Å². The first-order chi connectivity index (χ1) is 9.69. The molecule has 0 aliphatic carbocycles. The van der Waals surface area contributed by atoms with E-state index in [4.69, 9.17) is 4.42 Å². The van der Waals surface area contributed by atoms with E-state index in [2.05, 4.69) is 5.43 Å². The highest BCUT2D eigenvalue weighted by molar-refractivity contribution is 5.92. The zero-order valence-electron chi connectivity index (χ0n) is 11.7. The fraction of sp³-hybridized carbons (Fsp3) is 0.188. The molecule has 1 amide bonds. The predicted octanol–water partition coefficient (Wildman–Crippen LogP) is 3.16. The lowest BCUT2D eigenvalue weighted by Crippen LogP contribution is -2.41. The maximum Gasteiger partial charge on any atom is 0.262 e. The fourth-order valence-corrected chi connectivity index (χ4v) is 1.77. The predicted molar refractivity (Wildman–Crippen MR) is 80.1 cm³/mol. The number of anilines is 1. The second-order valence-electron chi connectivity index (χ2n) is 4.40. The average molecular weight is 270 g/mol. The Kier molecular flexibility index (Phi) is 4.60. The van der Waals surface area contributed by atoms with Crippen molar-refractivity contribution in [1.29, 1.82) is 0 Å². The van der Waals surface area contributed by atoms with Gasteiger partial charge < -0.3 is 4.42 Å². The molecule has 0 saturated heterocycles. The Hall–Kier alpha value is -2.49. The van der Waals surface area contributed by atoms with Gasteiger partial charge in [0.05, 0.1) is 12.0 Å². The van der Waals surface area contributed by atoms with Gasteiger partial charge in [-0.1, -0.05) is 17.7 Å². The number of aryl methyl sites for hydroxylation is 1. The first kappa shape index (κ1) is 13.9. The minimum absolute atomic E-state index is 0.191. The number of hydrogen-bond donors (Lipinski definition) is 1. The van der Waals surface area contributed by atoms with E-state index in [1.165, 1.54) is 11.6 Å². The van der Waals surface area contributed by atoms with Gasteiger partial charge in [0.25, 0.3) is 5.91 Å². The van der Waals surface area contributed by atoms with E-state index >= 15 is 0 Å². The van der Waals surface area contributed by atoms with Gasteiger partial charge in [0, 0.05) is 12.6 Å². The van der Waals surface area contributed by atoms with Crippen LogP contribution in [0.4, 0.5) is 5.69 Å². The smallest absolute Gasteiger partial charge is 0.262 e. The molecule has 0 spiro atoms. The average Bonchev–Trinajstić information content (AvgIpc) is 2.97. The molecule has 0 bridgehead atoms. The summed E-state index contributed by atoms with van der Waals surface area (Å²) < 4.78 is 5.13. The summed E-state index contributed by atoms with van der Waals surface area (Å²) in [5.74, 6) is 0.461. The third-order valence-corrected chi connectivity index (χ3v) is 2.85. The van der Waals surface area contributed by atoms with Crippen LogP contribution in [0.25, 0.3) is 6.08 Å². The number of hydrazine groups is 1. The summed E-state index contributed by atoms with van der Waals surface area (Å²) in [6, 6.07) is 11.6. The van der Waals surface area contributed by atoms with Crippen molar-refractivity contribution in [3.05, 3.63) is 60.1 Å². The summed E-state index contributed by atoms with van der Waals surface area (Å²) in [5.41, 5.74) is 4.98. The maximum absolute atomic E-state index is 11.9. The van der Waals surface area contributed by atoms with Crippen LogP contribution in [-0.2, 0) is 4.79 Å². The molecule has 0 saturated carbocycles. The molecule has 0 atom stereocenters. The molecular weight excluding hydrogens is 252 g/mol. The number of furan rings is 1. The standard InChI is InChI=1S/C16H18N2O2/c1-3-18(14-8-6-13(2)7-9-14)17-16(19)11-10-15-5-4-12-20-15/h4-12H,3H2,1-2H3,(H,17,19)/b11-10+. The lowest BCUT2D eigenvalue weighted by atomic mass is 10.2. The molecule has 0 unspecified atom stereocenters. The Labute approximate surface area is 118 Å². The van der Waals surface area contributed by atoms with Crippen LogP contribution in [0.5, 0.6) is 0 Å². The molecule has 4 nitrogen and oxygen atoms in total. The molecule has 1 aromatic heterocycles. The fourth-order valence-electron chi connectivity index (χ4n) is 1.77. The normalized spacial score (nSPS) is 10.7. The van der Waals surface area contributed by atoms with E-state index in [9.17, 15) is 4.79 Å². The molecule has 0 fully saturated rings. The highest BCUT2D eigenvalue weighted by Gasteiger charge is 2.06. The van der Waals surface area contributed by atoms with E-state index in [-0.39, 0.29) is 5.91 Å². The molecule has 104 valence electrons. The molecule has 1 aromatic carbocycles. The Morgan fingerprint density at radius 3 is 2.65 bits per heavy atom. The van der Waals surface area contributed by atoms with Crippen LogP contribution >= 0.6 is 0 Å². The second-order valence-corrected chi connectivity index (χ2v) is 4.40. The zero-order valence-corrected chi connectivity index (χ0v) is 11.7. The summed E-state index contributed by atoms with van der Waals surface area (Å²) in [6.45, 7) is 4.70. The molecular formula is C16H18N2O2. The molecule has 2 aromatic rings. The summed E-state index contributed by atoms with van der Waals surface area (Å²) in [7, 11) is 0. The largest absolute Gasteiger partial charge is 0.465 e. The van der Waals surface area contributed by atoms with Crippen molar-refractivity contribution in [3.8, 4) is 0 Å². The number of amides is 1. The maximum atomic E-state index is 11.9. The van der Waals surface area contributed by atoms with Crippen LogP contribution in [-0.4, -0.2) is 12.5 Å². The van der Waals surface area contributed by atoms with Crippen molar-refractivity contribution in [2.24, 2.45) is 0 Å². The summed E-state index contributed by atoms with van der Waals surface area (Å²) in [6.07, 6.45) is 4.66. The van der Waals surface area contributed by atoms with Crippen LogP contribution in [0.15, 0.2) is 53.2 Å². The highest BCUT2D eigenvalue weighted by Crippen LogP contribution is 2.12. The van der Waals surface area contributed by atoms with E-state index in [0.29, 0.717) is 12.3 Å². The van der Waals surface area contributed by atoms with Crippen molar-refractivity contribution in [2.45, 2.75) is 13.8 Å². The van der Waals surface area contributed by atoms with Gasteiger partial charge in [0.1, 0.15) is 5.76 Å². The third-order valence-electron chi connectivity index (χ3n) is 2.85. The van der Waals surface area contributed by atoms with Gasteiger partial charge in [-0.25, -0.2) is 0 Å². The molecule has 0 aliphatic rings. The second kappa shape index (κ2) is 6.61. The van der Waals surface area contributed by atoms with E-state index in [1.54, 1.807) is 29.5 Å². The molecule has 4 heteroatoms. The van der Waals surface area contributed by atoms with Crippen molar-refractivity contribution in [3.63, 3.8) is 0 Å².